The van der Waals surface area contributed by atoms with Gasteiger partial charge in [0, 0.05) is 19.2 Å². The van der Waals surface area contributed by atoms with Crippen LogP contribution < -0.4 is 21.1 Å². The molecule has 154 valence electrons. The molecule has 1 amide bonds. The fourth-order valence-corrected chi connectivity index (χ4v) is 2.85. The van der Waals surface area contributed by atoms with Gasteiger partial charge in [-0.2, -0.15) is 0 Å². The molecule has 0 saturated heterocycles. The summed E-state index contributed by atoms with van der Waals surface area (Å²) in [5.74, 6) is 0.665. The second kappa shape index (κ2) is 9.41. The van der Waals surface area contributed by atoms with Crippen molar-refractivity contribution in [1.82, 2.24) is 10.6 Å². The van der Waals surface area contributed by atoms with Crippen LogP contribution >= 0.6 is 0 Å². The van der Waals surface area contributed by atoms with Crippen molar-refractivity contribution in [3.8, 4) is 5.75 Å². The first-order chi connectivity index (χ1) is 14.0. The monoisotopic (exact) mass is 398 g/mol. The number of nitrogens with zero attached hydrogens (tertiary/aromatic N) is 1. The molecule has 0 spiro atoms. The quantitative estimate of drug-likeness (QED) is 0.471. The van der Waals surface area contributed by atoms with Crippen LogP contribution in [0.15, 0.2) is 47.5 Å². The predicted molar refractivity (Wildman–Crippen MR) is 111 cm³/mol. The average Bonchev–Trinajstić information content (AvgIpc) is 3.54. The lowest BCUT2D eigenvalue weighted by Gasteiger charge is -2.19. The van der Waals surface area contributed by atoms with Crippen molar-refractivity contribution in [1.29, 1.82) is 0 Å². The van der Waals surface area contributed by atoms with Gasteiger partial charge in [-0.25, -0.2) is 4.39 Å². The van der Waals surface area contributed by atoms with Crippen LogP contribution in [0.5, 0.6) is 5.75 Å². The van der Waals surface area contributed by atoms with Crippen LogP contribution in [0.4, 0.5) is 4.39 Å². The second-order valence-electron chi connectivity index (χ2n) is 7.30. The molecule has 1 aliphatic carbocycles. The Labute approximate surface area is 170 Å². The molecule has 3 rings (SSSR count). The number of carbonyl (C=O) groups excluding carboxylic acids is 1. The molecule has 1 unspecified atom stereocenters. The summed E-state index contributed by atoms with van der Waals surface area (Å²) in [6.45, 7) is 3.04. The molecule has 1 fully saturated rings. The smallest absolute Gasteiger partial charge is 0.248 e. The second-order valence-corrected chi connectivity index (χ2v) is 7.30. The topological polar surface area (TPSA) is 88.7 Å². The third-order valence-corrected chi connectivity index (χ3v) is 4.90. The van der Waals surface area contributed by atoms with Gasteiger partial charge in [0.15, 0.2) is 17.5 Å². The zero-order valence-electron chi connectivity index (χ0n) is 16.7. The van der Waals surface area contributed by atoms with Gasteiger partial charge in [0.25, 0.3) is 0 Å². The molecular formula is C22H27FN4O2. The summed E-state index contributed by atoms with van der Waals surface area (Å²) in [7, 11) is 1.67. The van der Waals surface area contributed by atoms with Gasteiger partial charge in [0.05, 0.1) is 12.6 Å². The summed E-state index contributed by atoms with van der Waals surface area (Å²) >= 11 is 0. The van der Waals surface area contributed by atoms with E-state index in [2.05, 4.69) is 15.6 Å². The van der Waals surface area contributed by atoms with Gasteiger partial charge in [0.2, 0.25) is 5.91 Å². The van der Waals surface area contributed by atoms with E-state index in [1.807, 2.05) is 25.1 Å². The van der Waals surface area contributed by atoms with Crippen LogP contribution in [0.25, 0.3) is 0 Å². The number of benzene rings is 2. The summed E-state index contributed by atoms with van der Waals surface area (Å²) in [6.07, 6.45) is 2.34. The normalized spacial score (nSPS) is 14.9. The minimum atomic E-state index is -0.452. The number of hydrogen-bond donors (Lipinski definition) is 3. The Kier molecular flexibility index (Phi) is 6.69. The van der Waals surface area contributed by atoms with E-state index in [1.165, 1.54) is 18.9 Å². The molecular weight excluding hydrogens is 371 g/mol. The Morgan fingerprint density at radius 1 is 1.28 bits per heavy atom. The highest BCUT2D eigenvalue weighted by Crippen LogP contribution is 2.30. The number of ether oxygens (including phenoxy) is 1. The van der Waals surface area contributed by atoms with Crippen LogP contribution in [0.1, 0.15) is 47.3 Å². The number of halogens is 1. The number of hydrogen-bond acceptors (Lipinski definition) is 3. The Bertz CT molecular complexity index is 879. The maximum Gasteiger partial charge on any atom is 0.248 e. The number of nitrogens with two attached hydrogens (primary N) is 1. The van der Waals surface area contributed by atoms with Crippen molar-refractivity contribution < 1.29 is 13.9 Å². The van der Waals surface area contributed by atoms with Crippen LogP contribution in [0.2, 0.25) is 0 Å². The summed E-state index contributed by atoms with van der Waals surface area (Å²) < 4.78 is 19.9. The molecule has 1 aliphatic rings. The van der Waals surface area contributed by atoms with Crippen molar-refractivity contribution in [2.45, 2.75) is 32.4 Å². The number of aliphatic imine (C=N–C) groups is 1. The maximum absolute atomic E-state index is 14.3. The zero-order chi connectivity index (χ0) is 20.8. The molecule has 1 atom stereocenters. The van der Waals surface area contributed by atoms with Crippen molar-refractivity contribution in [3.63, 3.8) is 0 Å². The molecule has 0 heterocycles. The number of rotatable bonds is 8. The summed E-state index contributed by atoms with van der Waals surface area (Å²) in [5.41, 5.74) is 7.50. The van der Waals surface area contributed by atoms with Crippen LogP contribution in [0.3, 0.4) is 0 Å². The van der Waals surface area contributed by atoms with E-state index in [0.29, 0.717) is 36.3 Å². The van der Waals surface area contributed by atoms with E-state index in [1.54, 1.807) is 25.2 Å². The first-order valence-corrected chi connectivity index (χ1v) is 9.74. The predicted octanol–water partition coefficient (Wildman–Crippen LogP) is 3.14. The number of carbonyl (C=O) groups is 1. The molecule has 2 aromatic rings. The van der Waals surface area contributed by atoms with E-state index in [4.69, 9.17) is 10.5 Å². The fourth-order valence-electron chi connectivity index (χ4n) is 2.85. The van der Waals surface area contributed by atoms with E-state index < -0.39 is 5.91 Å². The van der Waals surface area contributed by atoms with Crippen LogP contribution in [-0.2, 0) is 6.54 Å². The first-order valence-electron chi connectivity index (χ1n) is 9.74. The molecule has 2 aromatic carbocycles. The standard InChI is InChI=1S/C22H27FN4O2/c1-14(18-9-10-20(19(23)11-18)29-13-16-3-4-16)27-22(25-2)26-12-15-5-7-17(8-6-15)21(24)28/h5-11,14,16H,3-4,12-13H2,1-2H3,(H2,24,28)(H2,25,26,27). The molecule has 29 heavy (non-hydrogen) atoms. The van der Waals surface area contributed by atoms with Gasteiger partial charge < -0.3 is 21.1 Å². The Morgan fingerprint density at radius 3 is 2.59 bits per heavy atom. The van der Waals surface area contributed by atoms with Gasteiger partial charge in [-0.3, -0.25) is 9.79 Å². The molecule has 6 nitrogen and oxygen atoms in total. The lowest BCUT2D eigenvalue weighted by atomic mass is 10.1. The van der Waals surface area contributed by atoms with Gasteiger partial charge in [0.1, 0.15) is 0 Å². The van der Waals surface area contributed by atoms with Crippen molar-refractivity contribution in [2.75, 3.05) is 13.7 Å². The van der Waals surface area contributed by atoms with E-state index in [9.17, 15) is 9.18 Å². The highest BCUT2D eigenvalue weighted by Gasteiger charge is 2.22. The number of nitrogens with one attached hydrogen (secondary N) is 2. The van der Waals surface area contributed by atoms with Crippen molar-refractivity contribution in [2.24, 2.45) is 16.6 Å². The lowest BCUT2D eigenvalue weighted by molar-refractivity contribution is 0.100. The number of amides is 1. The minimum absolute atomic E-state index is 0.148. The summed E-state index contributed by atoms with van der Waals surface area (Å²) in [5, 5.41) is 6.45. The molecule has 0 aromatic heterocycles. The molecule has 0 aliphatic heterocycles. The van der Waals surface area contributed by atoms with Crippen molar-refractivity contribution in [3.05, 3.63) is 65.0 Å². The zero-order valence-corrected chi connectivity index (χ0v) is 16.7. The Hall–Kier alpha value is -3.09. The van der Waals surface area contributed by atoms with Crippen LogP contribution in [0, 0.1) is 11.7 Å². The van der Waals surface area contributed by atoms with Gasteiger partial charge in [-0.15, -0.1) is 0 Å². The minimum Gasteiger partial charge on any atom is -0.490 e. The highest BCUT2D eigenvalue weighted by molar-refractivity contribution is 5.92. The van der Waals surface area contributed by atoms with Gasteiger partial charge in [-0.05, 0) is 61.1 Å². The van der Waals surface area contributed by atoms with Crippen molar-refractivity contribution >= 4 is 11.9 Å². The molecule has 7 heteroatoms. The average molecular weight is 398 g/mol. The van der Waals surface area contributed by atoms with Gasteiger partial charge in [-0.1, -0.05) is 18.2 Å². The highest BCUT2D eigenvalue weighted by atomic mass is 19.1. The van der Waals surface area contributed by atoms with Crippen LogP contribution in [-0.4, -0.2) is 25.5 Å². The Morgan fingerprint density at radius 2 is 2.00 bits per heavy atom. The lowest BCUT2D eigenvalue weighted by Crippen LogP contribution is -2.38. The van der Waals surface area contributed by atoms with E-state index in [0.717, 1.165) is 11.1 Å². The number of guanidine groups is 1. The first kappa shape index (κ1) is 20.6. The maximum atomic E-state index is 14.3. The molecule has 4 N–H and O–H groups in total. The summed E-state index contributed by atoms with van der Waals surface area (Å²) in [6, 6.07) is 11.9. The Balaban J connectivity index is 1.54. The SMILES string of the molecule is CN=C(NCc1ccc(C(N)=O)cc1)NC(C)c1ccc(OCC2CC2)c(F)c1. The van der Waals surface area contributed by atoms with E-state index in [-0.39, 0.29) is 11.9 Å². The third-order valence-electron chi connectivity index (χ3n) is 4.90. The molecule has 1 saturated carbocycles. The number of primary amides is 1. The molecule has 0 bridgehead atoms. The summed E-state index contributed by atoms with van der Waals surface area (Å²) in [4.78, 5) is 15.3. The van der Waals surface area contributed by atoms with Gasteiger partial charge >= 0.3 is 0 Å². The fraction of sp³-hybridized carbons (Fsp3) is 0.364. The largest absolute Gasteiger partial charge is 0.490 e. The molecule has 0 radical (unpaired) electrons. The van der Waals surface area contributed by atoms with E-state index >= 15 is 0 Å². The third kappa shape index (κ3) is 5.94.